The van der Waals surface area contributed by atoms with Gasteiger partial charge in [-0.2, -0.15) is 0 Å². The minimum absolute atomic E-state index is 0.129. The van der Waals surface area contributed by atoms with Crippen LogP contribution in [-0.2, 0) is 4.74 Å². The number of halogens is 1. The van der Waals surface area contributed by atoms with Crippen molar-refractivity contribution in [2.45, 2.75) is 13.3 Å². The number of anilines is 1. The summed E-state index contributed by atoms with van der Waals surface area (Å²) < 4.78 is 5.00. The summed E-state index contributed by atoms with van der Waals surface area (Å²) in [5.74, 6) is 0. The minimum Gasteiger partial charge on any atom is -0.383 e. The number of ether oxygens (including phenoxy) is 1. The molecule has 0 fully saturated rings. The van der Waals surface area contributed by atoms with E-state index >= 15 is 0 Å². The van der Waals surface area contributed by atoms with E-state index in [1.54, 1.807) is 30.2 Å². The molecule has 1 aromatic carbocycles. The third-order valence-electron chi connectivity index (χ3n) is 2.42. The highest BCUT2D eigenvalue weighted by Crippen LogP contribution is 2.15. The maximum Gasteiger partial charge on any atom is 0.321 e. The highest BCUT2D eigenvalue weighted by Gasteiger charge is 2.12. The summed E-state index contributed by atoms with van der Waals surface area (Å²) in [7, 11) is 1.62. The van der Waals surface area contributed by atoms with E-state index < -0.39 is 0 Å². The number of benzene rings is 1. The molecular formula is C13H19ClN2O2. The number of nitrogens with one attached hydrogen (secondary N) is 1. The molecule has 0 spiro atoms. The number of carbonyl (C=O) groups excluding carboxylic acids is 1. The Morgan fingerprint density at radius 1 is 1.44 bits per heavy atom. The maximum absolute atomic E-state index is 12.0. The zero-order valence-electron chi connectivity index (χ0n) is 10.8. The summed E-state index contributed by atoms with van der Waals surface area (Å²) in [5.41, 5.74) is 0.700. The molecule has 0 heterocycles. The molecule has 2 amide bonds. The third kappa shape index (κ3) is 4.94. The first-order valence-corrected chi connectivity index (χ1v) is 6.35. The fourth-order valence-electron chi connectivity index (χ4n) is 1.56. The second-order valence-corrected chi connectivity index (χ2v) is 4.36. The summed E-state index contributed by atoms with van der Waals surface area (Å²) in [6.07, 6.45) is 0.909. The van der Waals surface area contributed by atoms with E-state index in [2.05, 4.69) is 5.32 Å². The Bertz CT molecular complexity index is 385. The zero-order chi connectivity index (χ0) is 13.4. The number of hydrogen-bond acceptors (Lipinski definition) is 2. The van der Waals surface area contributed by atoms with Gasteiger partial charge in [-0.25, -0.2) is 4.79 Å². The van der Waals surface area contributed by atoms with Crippen molar-refractivity contribution in [1.29, 1.82) is 0 Å². The molecular weight excluding hydrogens is 252 g/mol. The van der Waals surface area contributed by atoms with E-state index in [0.717, 1.165) is 6.42 Å². The van der Waals surface area contributed by atoms with Crippen molar-refractivity contribution in [1.82, 2.24) is 4.90 Å². The Balaban J connectivity index is 2.60. The smallest absolute Gasteiger partial charge is 0.321 e. The molecule has 1 aromatic rings. The first-order valence-electron chi connectivity index (χ1n) is 5.97. The van der Waals surface area contributed by atoms with Gasteiger partial charge in [-0.3, -0.25) is 0 Å². The first-order chi connectivity index (χ1) is 8.67. The number of amides is 2. The topological polar surface area (TPSA) is 41.6 Å². The van der Waals surface area contributed by atoms with Gasteiger partial charge >= 0.3 is 6.03 Å². The van der Waals surface area contributed by atoms with E-state index in [-0.39, 0.29) is 6.03 Å². The Morgan fingerprint density at radius 2 is 2.22 bits per heavy atom. The molecule has 0 bridgehead atoms. The largest absolute Gasteiger partial charge is 0.383 e. The number of rotatable bonds is 6. The van der Waals surface area contributed by atoms with Gasteiger partial charge in [0.2, 0.25) is 0 Å². The van der Waals surface area contributed by atoms with Crippen LogP contribution in [0.25, 0.3) is 0 Å². The molecule has 4 nitrogen and oxygen atoms in total. The van der Waals surface area contributed by atoms with Gasteiger partial charge in [0.1, 0.15) is 0 Å². The highest BCUT2D eigenvalue weighted by molar-refractivity contribution is 6.30. The van der Waals surface area contributed by atoms with Crippen LogP contribution in [0, 0.1) is 0 Å². The summed E-state index contributed by atoms with van der Waals surface area (Å²) in [6, 6.07) is 6.98. The van der Waals surface area contributed by atoms with Crippen molar-refractivity contribution in [2.24, 2.45) is 0 Å². The Morgan fingerprint density at radius 3 is 2.83 bits per heavy atom. The van der Waals surface area contributed by atoms with Gasteiger partial charge in [-0.05, 0) is 24.6 Å². The fraction of sp³-hybridized carbons (Fsp3) is 0.462. The molecule has 0 aliphatic carbocycles. The summed E-state index contributed by atoms with van der Waals surface area (Å²) in [5, 5.41) is 3.43. The lowest BCUT2D eigenvalue weighted by Crippen LogP contribution is -2.37. The van der Waals surface area contributed by atoms with Crippen LogP contribution >= 0.6 is 11.6 Å². The molecule has 0 aliphatic heterocycles. The average molecular weight is 271 g/mol. The van der Waals surface area contributed by atoms with Crippen molar-refractivity contribution in [3.63, 3.8) is 0 Å². The van der Waals surface area contributed by atoms with Gasteiger partial charge in [0, 0.05) is 30.9 Å². The SMILES string of the molecule is CCCN(CCOC)C(=O)Nc1cccc(Cl)c1. The average Bonchev–Trinajstić information content (AvgIpc) is 2.34. The molecule has 0 radical (unpaired) electrons. The van der Waals surface area contributed by atoms with E-state index in [1.807, 2.05) is 13.0 Å². The van der Waals surface area contributed by atoms with Crippen LogP contribution in [0.5, 0.6) is 0 Å². The summed E-state index contributed by atoms with van der Waals surface area (Å²) in [4.78, 5) is 13.8. The lowest BCUT2D eigenvalue weighted by molar-refractivity contribution is 0.155. The Hall–Kier alpha value is -1.26. The van der Waals surface area contributed by atoms with Crippen molar-refractivity contribution in [3.05, 3.63) is 29.3 Å². The first kappa shape index (κ1) is 14.8. The fourth-order valence-corrected chi connectivity index (χ4v) is 1.75. The molecule has 0 unspecified atom stereocenters. The van der Waals surface area contributed by atoms with Crippen LogP contribution in [-0.4, -0.2) is 37.7 Å². The lowest BCUT2D eigenvalue weighted by atomic mass is 10.3. The standard InChI is InChI=1S/C13H19ClN2O2/c1-3-7-16(8-9-18-2)13(17)15-12-6-4-5-11(14)10-12/h4-6,10H,3,7-9H2,1-2H3,(H,15,17). The Kier molecular flexibility index (Phi) is 6.54. The maximum atomic E-state index is 12.0. The van der Waals surface area contributed by atoms with Crippen molar-refractivity contribution in [2.75, 3.05) is 32.1 Å². The number of carbonyl (C=O) groups is 1. The monoisotopic (exact) mass is 270 g/mol. The van der Waals surface area contributed by atoms with E-state index in [9.17, 15) is 4.79 Å². The van der Waals surface area contributed by atoms with Gasteiger partial charge < -0.3 is 15.0 Å². The second-order valence-electron chi connectivity index (χ2n) is 3.92. The predicted molar refractivity (Wildman–Crippen MR) is 74.2 cm³/mol. The number of methoxy groups -OCH3 is 1. The van der Waals surface area contributed by atoms with E-state index in [1.165, 1.54) is 0 Å². The van der Waals surface area contributed by atoms with E-state index in [4.69, 9.17) is 16.3 Å². The molecule has 18 heavy (non-hydrogen) atoms. The molecule has 1 rings (SSSR count). The van der Waals surface area contributed by atoms with Crippen LogP contribution < -0.4 is 5.32 Å². The molecule has 0 aliphatic rings. The second kappa shape index (κ2) is 7.95. The molecule has 0 aromatic heterocycles. The highest BCUT2D eigenvalue weighted by atomic mass is 35.5. The van der Waals surface area contributed by atoms with Gasteiger partial charge in [-0.15, -0.1) is 0 Å². The van der Waals surface area contributed by atoms with E-state index in [0.29, 0.717) is 30.4 Å². The number of urea groups is 1. The Labute approximate surface area is 113 Å². The summed E-state index contributed by atoms with van der Waals surface area (Å²) >= 11 is 5.87. The molecule has 0 saturated heterocycles. The van der Waals surface area contributed by atoms with Gasteiger partial charge in [0.15, 0.2) is 0 Å². The van der Waals surface area contributed by atoms with Crippen molar-refractivity contribution < 1.29 is 9.53 Å². The van der Waals surface area contributed by atoms with Crippen LogP contribution in [0.4, 0.5) is 10.5 Å². The number of hydrogen-bond donors (Lipinski definition) is 1. The van der Waals surface area contributed by atoms with Crippen molar-refractivity contribution in [3.8, 4) is 0 Å². The van der Waals surface area contributed by atoms with Crippen molar-refractivity contribution >= 4 is 23.3 Å². The van der Waals surface area contributed by atoms with Gasteiger partial charge in [0.25, 0.3) is 0 Å². The quantitative estimate of drug-likeness (QED) is 0.862. The third-order valence-corrected chi connectivity index (χ3v) is 2.66. The molecule has 0 atom stereocenters. The van der Waals surface area contributed by atoms with Crippen LogP contribution in [0.1, 0.15) is 13.3 Å². The molecule has 1 N–H and O–H groups in total. The lowest BCUT2D eigenvalue weighted by Gasteiger charge is -2.22. The van der Waals surface area contributed by atoms with Gasteiger partial charge in [0.05, 0.1) is 6.61 Å². The van der Waals surface area contributed by atoms with Crippen LogP contribution in [0.3, 0.4) is 0 Å². The summed E-state index contributed by atoms with van der Waals surface area (Å²) in [6.45, 7) is 3.85. The van der Waals surface area contributed by atoms with Crippen LogP contribution in [0.15, 0.2) is 24.3 Å². The number of nitrogens with zero attached hydrogens (tertiary/aromatic N) is 1. The molecule has 5 heteroatoms. The predicted octanol–water partition coefficient (Wildman–Crippen LogP) is 3.23. The normalized spacial score (nSPS) is 10.2. The zero-order valence-corrected chi connectivity index (χ0v) is 11.5. The minimum atomic E-state index is -0.129. The van der Waals surface area contributed by atoms with Crippen LogP contribution in [0.2, 0.25) is 5.02 Å². The molecule has 100 valence electrons. The van der Waals surface area contributed by atoms with Gasteiger partial charge in [-0.1, -0.05) is 24.6 Å². The molecule has 0 saturated carbocycles.